The third kappa shape index (κ3) is 5.35. The van der Waals surface area contributed by atoms with Crippen LogP contribution in [-0.2, 0) is 14.3 Å². The highest BCUT2D eigenvalue weighted by Gasteiger charge is 2.31. The molecule has 2 aromatic rings. The average molecular weight is 425 g/mol. The summed E-state index contributed by atoms with van der Waals surface area (Å²) >= 11 is 0. The van der Waals surface area contributed by atoms with Crippen LogP contribution in [0.15, 0.2) is 30.7 Å². The van der Waals surface area contributed by atoms with Crippen molar-refractivity contribution in [2.45, 2.75) is 38.6 Å². The molecule has 0 radical (unpaired) electrons. The van der Waals surface area contributed by atoms with Gasteiger partial charge in [-0.25, -0.2) is 4.98 Å². The number of carbonyl (C=O) groups is 2. The maximum atomic E-state index is 12.8. The Labute approximate surface area is 181 Å². The van der Waals surface area contributed by atoms with Crippen molar-refractivity contribution in [3.63, 3.8) is 0 Å². The smallest absolute Gasteiger partial charge is 0.249 e. The van der Waals surface area contributed by atoms with Crippen molar-refractivity contribution in [2.24, 2.45) is 0 Å². The predicted molar refractivity (Wildman–Crippen MR) is 115 cm³/mol. The molecular formula is C22H28N6O3. The van der Waals surface area contributed by atoms with E-state index in [2.05, 4.69) is 15.3 Å². The average Bonchev–Trinajstić information content (AvgIpc) is 3.41. The van der Waals surface area contributed by atoms with E-state index in [-0.39, 0.29) is 24.5 Å². The van der Waals surface area contributed by atoms with Gasteiger partial charge in [0.1, 0.15) is 12.4 Å². The summed E-state index contributed by atoms with van der Waals surface area (Å²) in [6.45, 7) is 4.37. The SMILES string of the molecule is Cc1cc(Nc2cnccn2)cc([C@@H]2CCCN2C(=O)COCCN2CCCC2=O)n1. The zero-order valence-corrected chi connectivity index (χ0v) is 17.8. The second kappa shape index (κ2) is 9.82. The molecule has 2 fully saturated rings. The van der Waals surface area contributed by atoms with Crippen molar-refractivity contribution in [3.05, 3.63) is 42.1 Å². The van der Waals surface area contributed by atoms with Gasteiger partial charge in [0.05, 0.1) is 24.5 Å². The number of carbonyl (C=O) groups excluding carboxylic acids is 2. The van der Waals surface area contributed by atoms with Crippen molar-refractivity contribution in [3.8, 4) is 0 Å². The fourth-order valence-corrected chi connectivity index (χ4v) is 4.18. The molecule has 9 nitrogen and oxygen atoms in total. The second-order valence-electron chi connectivity index (χ2n) is 7.92. The first-order chi connectivity index (χ1) is 15.1. The number of anilines is 2. The summed E-state index contributed by atoms with van der Waals surface area (Å²) in [5.74, 6) is 0.788. The fraction of sp³-hybridized carbons (Fsp3) is 0.500. The Morgan fingerprint density at radius 1 is 1.26 bits per heavy atom. The topological polar surface area (TPSA) is 101 Å². The van der Waals surface area contributed by atoms with E-state index in [1.165, 1.54) is 0 Å². The summed E-state index contributed by atoms with van der Waals surface area (Å²) in [7, 11) is 0. The molecule has 2 aromatic heterocycles. The Kier molecular flexibility index (Phi) is 6.71. The van der Waals surface area contributed by atoms with Crippen molar-refractivity contribution < 1.29 is 14.3 Å². The van der Waals surface area contributed by atoms with Gasteiger partial charge in [0.2, 0.25) is 11.8 Å². The lowest BCUT2D eigenvalue weighted by molar-refractivity contribution is -0.137. The molecule has 1 atom stereocenters. The Morgan fingerprint density at radius 2 is 2.16 bits per heavy atom. The van der Waals surface area contributed by atoms with Crippen molar-refractivity contribution in [1.29, 1.82) is 0 Å². The molecular weight excluding hydrogens is 396 g/mol. The zero-order chi connectivity index (χ0) is 21.6. The molecule has 2 aliphatic rings. The summed E-state index contributed by atoms with van der Waals surface area (Å²) in [4.78, 5) is 41.1. The minimum absolute atomic E-state index is 0.0229. The molecule has 0 unspecified atom stereocenters. The molecule has 0 aliphatic carbocycles. The van der Waals surface area contributed by atoms with E-state index in [9.17, 15) is 9.59 Å². The number of ether oxygens (including phenoxy) is 1. The van der Waals surface area contributed by atoms with E-state index >= 15 is 0 Å². The summed E-state index contributed by atoms with van der Waals surface area (Å²) in [5.41, 5.74) is 2.60. The standard InChI is InChI=1S/C22H28N6O3/c1-16-12-17(26-20-14-23-6-7-24-20)13-18(25-16)19-4-2-9-28(19)22(30)15-31-11-10-27-8-3-5-21(27)29/h6-7,12-14,19H,2-5,8-11,15H2,1H3,(H,24,25,26)/t19-/m0/s1. The summed E-state index contributed by atoms with van der Waals surface area (Å²) in [6, 6.07) is 3.85. The van der Waals surface area contributed by atoms with Crippen LogP contribution >= 0.6 is 0 Å². The summed E-state index contributed by atoms with van der Waals surface area (Å²) < 4.78 is 5.60. The molecule has 4 rings (SSSR count). The second-order valence-corrected chi connectivity index (χ2v) is 7.92. The van der Waals surface area contributed by atoms with Crippen LogP contribution in [0.4, 0.5) is 11.5 Å². The third-order valence-electron chi connectivity index (χ3n) is 5.63. The molecule has 164 valence electrons. The van der Waals surface area contributed by atoms with Crippen LogP contribution in [0.3, 0.4) is 0 Å². The molecule has 4 heterocycles. The Morgan fingerprint density at radius 3 is 2.94 bits per heavy atom. The van der Waals surface area contributed by atoms with Crippen LogP contribution in [0.1, 0.15) is 43.1 Å². The number of amides is 2. The monoisotopic (exact) mass is 424 g/mol. The van der Waals surface area contributed by atoms with Gasteiger partial charge in [-0.3, -0.25) is 19.6 Å². The van der Waals surface area contributed by atoms with Gasteiger partial charge < -0.3 is 19.9 Å². The van der Waals surface area contributed by atoms with Gasteiger partial charge in [-0.05, 0) is 38.3 Å². The van der Waals surface area contributed by atoms with Crippen LogP contribution in [0, 0.1) is 6.92 Å². The highest BCUT2D eigenvalue weighted by atomic mass is 16.5. The first-order valence-corrected chi connectivity index (χ1v) is 10.8. The van der Waals surface area contributed by atoms with Gasteiger partial charge >= 0.3 is 0 Å². The van der Waals surface area contributed by atoms with E-state index in [0.29, 0.717) is 31.9 Å². The van der Waals surface area contributed by atoms with E-state index in [4.69, 9.17) is 9.72 Å². The van der Waals surface area contributed by atoms with E-state index in [0.717, 1.165) is 42.9 Å². The number of nitrogens with zero attached hydrogens (tertiary/aromatic N) is 5. The number of hydrogen-bond acceptors (Lipinski definition) is 7. The zero-order valence-electron chi connectivity index (χ0n) is 17.8. The number of hydrogen-bond donors (Lipinski definition) is 1. The quantitative estimate of drug-likeness (QED) is 0.649. The number of likely N-dealkylation sites (tertiary alicyclic amines) is 2. The van der Waals surface area contributed by atoms with Crippen molar-refractivity contribution in [1.82, 2.24) is 24.8 Å². The number of rotatable bonds is 8. The molecule has 0 bridgehead atoms. The van der Waals surface area contributed by atoms with E-state index in [1.54, 1.807) is 23.5 Å². The van der Waals surface area contributed by atoms with Gasteiger partial charge in [-0.15, -0.1) is 0 Å². The first-order valence-electron chi connectivity index (χ1n) is 10.8. The van der Waals surface area contributed by atoms with Gasteiger partial charge in [0.25, 0.3) is 0 Å². The minimum atomic E-state index is -0.0708. The van der Waals surface area contributed by atoms with Gasteiger partial charge in [0.15, 0.2) is 0 Å². The number of aromatic nitrogens is 3. The van der Waals surface area contributed by atoms with Crippen LogP contribution in [0.25, 0.3) is 0 Å². The number of aryl methyl sites for hydroxylation is 1. The lowest BCUT2D eigenvalue weighted by Crippen LogP contribution is -2.35. The Balaban J connectivity index is 1.36. The summed E-state index contributed by atoms with van der Waals surface area (Å²) in [6.07, 6.45) is 8.25. The van der Waals surface area contributed by atoms with Gasteiger partial charge in [0, 0.05) is 49.8 Å². The highest BCUT2D eigenvalue weighted by molar-refractivity contribution is 5.78. The fourth-order valence-electron chi connectivity index (χ4n) is 4.18. The maximum Gasteiger partial charge on any atom is 0.249 e. The lowest BCUT2D eigenvalue weighted by atomic mass is 10.1. The van der Waals surface area contributed by atoms with Crippen LogP contribution in [0.2, 0.25) is 0 Å². The Bertz CT molecular complexity index is 923. The maximum absolute atomic E-state index is 12.8. The van der Waals surface area contributed by atoms with Gasteiger partial charge in [-0.2, -0.15) is 0 Å². The number of pyridine rings is 1. The molecule has 2 amide bonds. The molecule has 0 saturated carbocycles. The molecule has 0 spiro atoms. The third-order valence-corrected chi connectivity index (χ3v) is 5.63. The normalized spacial score (nSPS) is 18.6. The van der Waals surface area contributed by atoms with Gasteiger partial charge in [-0.1, -0.05) is 0 Å². The minimum Gasteiger partial charge on any atom is -0.370 e. The van der Waals surface area contributed by atoms with Crippen LogP contribution in [-0.4, -0.2) is 69.4 Å². The molecule has 2 saturated heterocycles. The van der Waals surface area contributed by atoms with E-state index < -0.39 is 0 Å². The Hall–Kier alpha value is -3.07. The molecule has 0 aromatic carbocycles. The molecule has 1 N–H and O–H groups in total. The molecule has 31 heavy (non-hydrogen) atoms. The van der Waals surface area contributed by atoms with Crippen molar-refractivity contribution in [2.75, 3.05) is 38.2 Å². The van der Waals surface area contributed by atoms with Crippen molar-refractivity contribution >= 4 is 23.3 Å². The largest absolute Gasteiger partial charge is 0.370 e. The van der Waals surface area contributed by atoms with E-state index in [1.807, 2.05) is 24.0 Å². The summed E-state index contributed by atoms with van der Waals surface area (Å²) in [5, 5.41) is 3.25. The van der Waals surface area contributed by atoms with Crippen LogP contribution < -0.4 is 5.32 Å². The molecule has 9 heteroatoms. The first kappa shape index (κ1) is 21.2. The highest BCUT2D eigenvalue weighted by Crippen LogP contribution is 2.32. The molecule has 2 aliphatic heterocycles. The lowest BCUT2D eigenvalue weighted by Gasteiger charge is -2.25. The predicted octanol–water partition coefficient (Wildman–Crippen LogP) is 2.23. The number of nitrogens with one attached hydrogen (secondary N) is 1. The van der Waals surface area contributed by atoms with Crippen LogP contribution in [0.5, 0.6) is 0 Å².